The third-order valence-electron chi connectivity index (χ3n) is 3.77. The summed E-state index contributed by atoms with van der Waals surface area (Å²) in [7, 11) is 3.15. The van der Waals surface area contributed by atoms with Gasteiger partial charge in [0.25, 0.3) is 17.7 Å². The van der Waals surface area contributed by atoms with Gasteiger partial charge in [-0.15, -0.1) is 12.8 Å². The minimum Gasteiger partial charge on any atom is -0.505 e. The minimum absolute atomic E-state index is 0.0541. The Bertz CT molecular complexity index is 838. The Morgan fingerprint density at radius 1 is 1.10 bits per heavy atom. The number of imide groups is 1. The monoisotopic (exact) mass is 430 g/mol. The Morgan fingerprint density at radius 2 is 1.61 bits per heavy atom. The zero-order valence-electron chi connectivity index (χ0n) is 19.4. The quantitative estimate of drug-likeness (QED) is 0.364. The van der Waals surface area contributed by atoms with Crippen LogP contribution >= 0.6 is 0 Å². The van der Waals surface area contributed by atoms with Crippen molar-refractivity contribution in [2.45, 2.75) is 34.6 Å². The minimum atomic E-state index is -0.479. The highest BCUT2D eigenvalue weighted by atomic mass is 16.3. The molecule has 1 aromatic rings. The fourth-order valence-electron chi connectivity index (χ4n) is 2.51. The fraction of sp³-hybridized carbons (Fsp3) is 0.435. The zero-order chi connectivity index (χ0) is 24.3. The zero-order valence-corrected chi connectivity index (χ0v) is 19.4. The largest absolute Gasteiger partial charge is 0.505 e. The van der Waals surface area contributed by atoms with Gasteiger partial charge in [-0.05, 0) is 31.9 Å². The van der Waals surface area contributed by atoms with E-state index >= 15 is 0 Å². The molecule has 0 radical (unpaired) electrons. The smallest absolute Gasteiger partial charge is 0.279 e. The summed E-state index contributed by atoms with van der Waals surface area (Å²) < 4.78 is 0. The van der Waals surface area contributed by atoms with Gasteiger partial charge in [-0.1, -0.05) is 26.8 Å². The van der Waals surface area contributed by atoms with Crippen molar-refractivity contribution in [2.75, 3.05) is 32.5 Å². The highest BCUT2D eigenvalue weighted by Gasteiger charge is 2.37. The number of nitrogens with zero attached hydrogens (tertiary/aromatic N) is 2. The van der Waals surface area contributed by atoms with Gasteiger partial charge in [0.2, 0.25) is 0 Å². The maximum atomic E-state index is 12.5. The predicted molar refractivity (Wildman–Crippen MR) is 123 cm³/mol. The number of rotatable bonds is 6. The molecule has 8 nitrogen and oxygen atoms in total. The maximum Gasteiger partial charge on any atom is 0.279 e. The lowest BCUT2D eigenvalue weighted by molar-refractivity contribution is -0.137. The molecule has 8 heteroatoms. The van der Waals surface area contributed by atoms with Crippen molar-refractivity contribution >= 4 is 23.4 Å². The fourth-order valence-corrected chi connectivity index (χ4v) is 2.51. The van der Waals surface area contributed by atoms with Crippen molar-refractivity contribution in [1.82, 2.24) is 15.1 Å². The number of terminal acetylenes is 1. The van der Waals surface area contributed by atoms with Crippen LogP contribution in [0.25, 0.3) is 0 Å². The van der Waals surface area contributed by atoms with Crippen molar-refractivity contribution in [2.24, 2.45) is 5.92 Å². The number of carbonyl (C=O) groups excluding carboxylic acids is 3. The van der Waals surface area contributed by atoms with E-state index in [1.54, 1.807) is 27.1 Å². The van der Waals surface area contributed by atoms with E-state index in [1.165, 1.54) is 17.0 Å². The molecule has 1 aromatic carbocycles. The Kier molecular flexibility index (Phi) is 11.5. The first-order valence-electron chi connectivity index (χ1n) is 10.0. The Labute approximate surface area is 185 Å². The summed E-state index contributed by atoms with van der Waals surface area (Å²) in [6.07, 6.45) is 8.00. The molecule has 0 saturated heterocycles. The van der Waals surface area contributed by atoms with Crippen LogP contribution in [-0.2, 0) is 9.59 Å². The van der Waals surface area contributed by atoms with Crippen molar-refractivity contribution in [3.8, 4) is 18.6 Å². The van der Waals surface area contributed by atoms with E-state index in [9.17, 15) is 19.5 Å². The third kappa shape index (κ3) is 7.07. The van der Waals surface area contributed by atoms with Crippen LogP contribution in [0, 0.1) is 18.8 Å². The molecule has 2 rings (SSSR count). The van der Waals surface area contributed by atoms with E-state index in [1.807, 2.05) is 6.92 Å². The second-order valence-electron chi connectivity index (χ2n) is 7.39. The highest BCUT2D eigenvalue weighted by molar-refractivity contribution is 6.20. The van der Waals surface area contributed by atoms with E-state index in [2.05, 4.69) is 44.3 Å². The summed E-state index contributed by atoms with van der Waals surface area (Å²) in [5.74, 6) is -0.713. The Balaban J connectivity index is 0.00000134. The van der Waals surface area contributed by atoms with Crippen LogP contribution in [0.5, 0.6) is 5.75 Å². The van der Waals surface area contributed by atoms with Crippen molar-refractivity contribution in [3.63, 3.8) is 0 Å². The molecular weight excluding hydrogens is 396 g/mol. The van der Waals surface area contributed by atoms with Gasteiger partial charge in [0.1, 0.15) is 11.4 Å². The number of amides is 3. The standard InChI is InChI=1S/C17H22N4O4.C4H10.C2H2/c1-5-18-12-13(17(25)21(6-2)16(12)24)19-11-9-7-8-10(14(11)22)15(23)20(3)4;1-4(2)3;1-2/h7-9,18-19,22H,5-6H2,1-4H3;4H,1-3H3;1-2H. The first-order chi connectivity index (χ1) is 14.6. The Morgan fingerprint density at radius 3 is 2.06 bits per heavy atom. The molecule has 0 unspecified atom stereocenters. The number of hydrogen-bond donors (Lipinski definition) is 3. The van der Waals surface area contributed by atoms with Gasteiger partial charge in [0.15, 0.2) is 5.75 Å². The van der Waals surface area contributed by atoms with Gasteiger partial charge in [0.05, 0.1) is 11.3 Å². The lowest BCUT2D eigenvalue weighted by atomic mass is 10.1. The van der Waals surface area contributed by atoms with Crippen LogP contribution in [0.3, 0.4) is 0 Å². The first kappa shape index (κ1) is 27.5. The van der Waals surface area contributed by atoms with Gasteiger partial charge in [-0.3, -0.25) is 19.3 Å². The lowest BCUT2D eigenvalue weighted by Gasteiger charge is -2.15. The average molecular weight is 431 g/mol. The average Bonchev–Trinajstić information content (AvgIpc) is 2.93. The van der Waals surface area contributed by atoms with Crippen molar-refractivity contribution in [1.29, 1.82) is 0 Å². The highest BCUT2D eigenvalue weighted by Crippen LogP contribution is 2.31. The summed E-state index contributed by atoms with van der Waals surface area (Å²) >= 11 is 0. The third-order valence-corrected chi connectivity index (χ3v) is 3.77. The van der Waals surface area contributed by atoms with Gasteiger partial charge < -0.3 is 20.6 Å². The SMILES string of the molecule is C#C.CC(C)C.CCNC1=C(Nc2cccc(C(=O)N(C)C)c2O)C(=O)N(CC)C1=O. The number of hydrogen-bond acceptors (Lipinski definition) is 6. The van der Waals surface area contributed by atoms with Crippen LogP contribution in [-0.4, -0.2) is 59.8 Å². The van der Waals surface area contributed by atoms with Crippen molar-refractivity contribution in [3.05, 3.63) is 35.2 Å². The number of likely N-dealkylation sites (N-methyl/N-ethyl adjacent to an activating group) is 2. The van der Waals surface area contributed by atoms with Gasteiger partial charge in [-0.25, -0.2) is 0 Å². The molecule has 170 valence electrons. The molecule has 0 saturated carbocycles. The summed E-state index contributed by atoms with van der Waals surface area (Å²) in [6, 6.07) is 4.61. The molecule has 31 heavy (non-hydrogen) atoms. The maximum absolute atomic E-state index is 12.5. The number of phenolic OH excluding ortho intramolecular Hbond substituents is 1. The van der Waals surface area contributed by atoms with E-state index in [4.69, 9.17) is 0 Å². The lowest BCUT2D eigenvalue weighted by Crippen LogP contribution is -2.33. The molecule has 0 bridgehead atoms. The van der Waals surface area contributed by atoms with E-state index in [0.29, 0.717) is 6.54 Å². The Hall–Kier alpha value is -3.47. The topological polar surface area (TPSA) is 102 Å². The van der Waals surface area contributed by atoms with Crippen LogP contribution in [0.2, 0.25) is 0 Å². The number of benzene rings is 1. The molecule has 0 fully saturated rings. The van der Waals surface area contributed by atoms with Crippen LogP contribution in [0.15, 0.2) is 29.6 Å². The molecule has 3 amide bonds. The second kappa shape index (κ2) is 13.0. The first-order valence-corrected chi connectivity index (χ1v) is 10.0. The van der Waals surface area contributed by atoms with E-state index in [-0.39, 0.29) is 40.8 Å². The molecule has 0 spiro atoms. The molecule has 1 heterocycles. The molecule has 0 atom stereocenters. The molecule has 1 aliphatic rings. The molecule has 0 aliphatic carbocycles. The molecule has 1 aliphatic heterocycles. The van der Waals surface area contributed by atoms with Gasteiger partial charge in [0, 0.05) is 27.2 Å². The number of aromatic hydroxyl groups is 1. The summed E-state index contributed by atoms with van der Waals surface area (Å²) in [6.45, 7) is 10.7. The summed E-state index contributed by atoms with van der Waals surface area (Å²) in [5, 5.41) is 16.1. The normalized spacial score (nSPS) is 12.6. The van der Waals surface area contributed by atoms with Gasteiger partial charge >= 0.3 is 0 Å². The van der Waals surface area contributed by atoms with Crippen molar-refractivity contribution < 1.29 is 19.5 Å². The number of carbonyl (C=O) groups is 3. The van der Waals surface area contributed by atoms with Crippen LogP contribution in [0.4, 0.5) is 5.69 Å². The van der Waals surface area contributed by atoms with E-state index in [0.717, 1.165) is 10.8 Å². The number of nitrogens with one attached hydrogen (secondary N) is 2. The molecular formula is C23H34N4O4. The number of phenols is 1. The number of anilines is 1. The summed E-state index contributed by atoms with van der Waals surface area (Å²) in [4.78, 5) is 39.3. The summed E-state index contributed by atoms with van der Waals surface area (Å²) in [5.41, 5.74) is 0.485. The second-order valence-corrected chi connectivity index (χ2v) is 7.39. The van der Waals surface area contributed by atoms with Gasteiger partial charge in [-0.2, -0.15) is 0 Å². The van der Waals surface area contributed by atoms with E-state index < -0.39 is 11.8 Å². The number of para-hydroxylation sites is 1. The van der Waals surface area contributed by atoms with Crippen LogP contribution < -0.4 is 10.6 Å². The van der Waals surface area contributed by atoms with Crippen LogP contribution in [0.1, 0.15) is 45.0 Å². The molecule has 3 N–H and O–H groups in total. The molecule has 0 aromatic heterocycles. The predicted octanol–water partition coefficient (Wildman–Crippen LogP) is 2.63.